The number of nitrogens with zero attached hydrogens (tertiary/aromatic N) is 4. The maximum Gasteiger partial charge on any atom is 0.252 e. The average molecular weight is 409 g/mol. The molecule has 154 valence electrons. The zero-order chi connectivity index (χ0) is 21.4. The van der Waals surface area contributed by atoms with Crippen LogP contribution in [-0.4, -0.2) is 25.8 Å². The van der Waals surface area contributed by atoms with Gasteiger partial charge >= 0.3 is 0 Å². The summed E-state index contributed by atoms with van der Waals surface area (Å²) in [6, 6.07) is 13.1. The Morgan fingerprint density at radius 1 is 1.03 bits per heavy atom. The van der Waals surface area contributed by atoms with Crippen LogP contribution < -0.4 is 5.32 Å². The number of hydrogen-bond donors (Lipinski definition) is 1. The highest BCUT2D eigenvalue weighted by atomic mass is 16.1. The van der Waals surface area contributed by atoms with E-state index in [9.17, 15) is 4.79 Å². The number of fused-ring (bicyclic) bond motifs is 2. The quantitative estimate of drug-likeness (QED) is 0.538. The SMILES string of the molecule is CC1(C)Cc2nc(-c3cccnc3)ncc2[C@H](NC(=O)c2cccc3ncccc23)C1. The summed E-state index contributed by atoms with van der Waals surface area (Å²) in [5.41, 5.74) is 4.30. The van der Waals surface area contributed by atoms with Crippen molar-refractivity contribution in [3.63, 3.8) is 0 Å². The fourth-order valence-electron chi connectivity index (χ4n) is 4.35. The zero-order valence-electron chi connectivity index (χ0n) is 17.5. The van der Waals surface area contributed by atoms with E-state index in [1.54, 1.807) is 18.6 Å². The molecular formula is C25H23N5O. The first-order valence-corrected chi connectivity index (χ1v) is 10.4. The second-order valence-corrected chi connectivity index (χ2v) is 8.78. The van der Waals surface area contributed by atoms with Crippen LogP contribution in [0.2, 0.25) is 0 Å². The number of nitrogens with one attached hydrogen (secondary N) is 1. The molecule has 0 radical (unpaired) electrons. The van der Waals surface area contributed by atoms with Gasteiger partial charge in [-0.05, 0) is 48.6 Å². The zero-order valence-corrected chi connectivity index (χ0v) is 17.5. The van der Waals surface area contributed by atoms with E-state index in [0.29, 0.717) is 11.4 Å². The van der Waals surface area contributed by atoms with E-state index in [-0.39, 0.29) is 17.4 Å². The summed E-state index contributed by atoms with van der Waals surface area (Å²) in [5, 5.41) is 4.09. The van der Waals surface area contributed by atoms with Gasteiger partial charge in [-0.1, -0.05) is 26.0 Å². The third-order valence-corrected chi connectivity index (χ3v) is 5.79. The molecule has 0 saturated heterocycles. The molecule has 0 bridgehead atoms. The van der Waals surface area contributed by atoms with Crippen LogP contribution in [0.25, 0.3) is 22.3 Å². The van der Waals surface area contributed by atoms with Gasteiger partial charge in [0.1, 0.15) is 0 Å². The Morgan fingerprint density at radius 2 is 1.90 bits per heavy atom. The summed E-state index contributed by atoms with van der Waals surface area (Å²) in [4.78, 5) is 31.2. The van der Waals surface area contributed by atoms with Crippen LogP contribution in [0.1, 0.15) is 47.9 Å². The summed E-state index contributed by atoms with van der Waals surface area (Å²) in [5.74, 6) is 0.554. The van der Waals surface area contributed by atoms with Crippen molar-refractivity contribution < 1.29 is 4.79 Å². The van der Waals surface area contributed by atoms with Crippen molar-refractivity contribution in [2.45, 2.75) is 32.7 Å². The van der Waals surface area contributed by atoms with E-state index in [1.165, 1.54) is 0 Å². The van der Waals surface area contributed by atoms with Crippen molar-refractivity contribution in [3.8, 4) is 11.4 Å². The smallest absolute Gasteiger partial charge is 0.252 e. The van der Waals surface area contributed by atoms with Crippen molar-refractivity contribution >= 4 is 16.8 Å². The highest BCUT2D eigenvalue weighted by molar-refractivity contribution is 6.06. The lowest BCUT2D eigenvalue weighted by Crippen LogP contribution is -2.37. The van der Waals surface area contributed by atoms with E-state index in [0.717, 1.165) is 40.6 Å². The van der Waals surface area contributed by atoms with Crippen molar-refractivity contribution in [2.75, 3.05) is 0 Å². The molecule has 1 atom stereocenters. The van der Waals surface area contributed by atoms with Crippen molar-refractivity contribution in [1.82, 2.24) is 25.3 Å². The van der Waals surface area contributed by atoms with Crippen LogP contribution in [0, 0.1) is 5.41 Å². The maximum atomic E-state index is 13.2. The predicted molar refractivity (Wildman–Crippen MR) is 119 cm³/mol. The van der Waals surface area contributed by atoms with Crippen molar-refractivity contribution in [1.29, 1.82) is 0 Å². The molecule has 4 aromatic rings. The van der Waals surface area contributed by atoms with Gasteiger partial charge in [0.15, 0.2) is 5.82 Å². The fraction of sp³-hybridized carbons (Fsp3) is 0.240. The molecule has 0 fully saturated rings. The highest BCUT2D eigenvalue weighted by Gasteiger charge is 2.35. The molecule has 5 rings (SSSR count). The Balaban J connectivity index is 1.49. The molecule has 1 aliphatic rings. The van der Waals surface area contributed by atoms with Crippen LogP contribution in [0.3, 0.4) is 0 Å². The van der Waals surface area contributed by atoms with Gasteiger partial charge < -0.3 is 5.32 Å². The number of rotatable bonds is 3. The molecule has 1 amide bonds. The predicted octanol–water partition coefficient (Wildman–Crippen LogP) is 4.53. The lowest BCUT2D eigenvalue weighted by atomic mass is 9.74. The number of carbonyl (C=O) groups excluding carboxylic acids is 1. The molecule has 1 aliphatic carbocycles. The third kappa shape index (κ3) is 3.77. The molecule has 31 heavy (non-hydrogen) atoms. The minimum atomic E-state index is -0.152. The third-order valence-electron chi connectivity index (χ3n) is 5.79. The van der Waals surface area contributed by atoms with Gasteiger partial charge in [-0.25, -0.2) is 9.97 Å². The molecule has 1 N–H and O–H groups in total. The molecule has 0 aliphatic heterocycles. The number of hydrogen-bond acceptors (Lipinski definition) is 5. The van der Waals surface area contributed by atoms with E-state index < -0.39 is 0 Å². The topological polar surface area (TPSA) is 80.7 Å². The molecule has 6 heteroatoms. The standard InChI is InChI=1S/C25H23N5O/c1-25(2)12-21-19(15-28-23(29-21)16-6-4-10-26-14-16)22(13-25)30-24(31)18-7-3-9-20-17(18)8-5-11-27-20/h3-11,14-15,22H,12-13H2,1-2H3,(H,30,31)/t22-/m1/s1. The van der Waals surface area contributed by atoms with Crippen molar-refractivity contribution in [2.24, 2.45) is 5.41 Å². The Labute approximate surface area is 180 Å². The van der Waals surface area contributed by atoms with Gasteiger partial charge in [-0.3, -0.25) is 14.8 Å². The summed E-state index contributed by atoms with van der Waals surface area (Å²) < 4.78 is 0. The van der Waals surface area contributed by atoms with Crippen LogP contribution >= 0.6 is 0 Å². The molecule has 6 nitrogen and oxygen atoms in total. The van der Waals surface area contributed by atoms with Crippen LogP contribution in [0.5, 0.6) is 0 Å². The number of carbonyl (C=O) groups is 1. The molecular weight excluding hydrogens is 386 g/mol. The number of amides is 1. The molecule has 3 aromatic heterocycles. The summed E-state index contributed by atoms with van der Waals surface area (Å²) in [6.07, 6.45) is 8.76. The van der Waals surface area contributed by atoms with Gasteiger partial charge in [-0.15, -0.1) is 0 Å². The highest BCUT2D eigenvalue weighted by Crippen LogP contribution is 2.40. The minimum Gasteiger partial charge on any atom is -0.345 e. The minimum absolute atomic E-state index is 0.00577. The monoisotopic (exact) mass is 409 g/mol. The Kier molecular flexibility index (Phi) is 4.70. The largest absolute Gasteiger partial charge is 0.345 e. The summed E-state index contributed by atoms with van der Waals surface area (Å²) in [7, 11) is 0. The van der Waals surface area contributed by atoms with E-state index in [2.05, 4.69) is 34.1 Å². The van der Waals surface area contributed by atoms with Gasteiger partial charge in [0, 0.05) is 46.9 Å². The average Bonchev–Trinajstić information content (AvgIpc) is 2.78. The molecule has 0 spiro atoms. The Morgan fingerprint density at radius 3 is 2.74 bits per heavy atom. The lowest BCUT2D eigenvalue weighted by molar-refractivity contribution is 0.0920. The van der Waals surface area contributed by atoms with Gasteiger partial charge in [0.25, 0.3) is 5.91 Å². The van der Waals surface area contributed by atoms with E-state index >= 15 is 0 Å². The van der Waals surface area contributed by atoms with E-state index in [4.69, 9.17) is 4.98 Å². The lowest BCUT2D eigenvalue weighted by Gasteiger charge is -2.36. The van der Waals surface area contributed by atoms with Crippen LogP contribution in [0.4, 0.5) is 0 Å². The molecule has 1 aromatic carbocycles. The van der Waals surface area contributed by atoms with Crippen LogP contribution in [0.15, 0.2) is 67.3 Å². The Hall–Kier alpha value is -3.67. The first-order chi connectivity index (χ1) is 15.0. The van der Waals surface area contributed by atoms with E-state index in [1.807, 2.05) is 48.7 Å². The number of aromatic nitrogens is 4. The van der Waals surface area contributed by atoms with Gasteiger partial charge in [0.2, 0.25) is 0 Å². The maximum absolute atomic E-state index is 13.2. The van der Waals surface area contributed by atoms with Gasteiger partial charge in [0.05, 0.1) is 17.3 Å². The van der Waals surface area contributed by atoms with Gasteiger partial charge in [-0.2, -0.15) is 0 Å². The second-order valence-electron chi connectivity index (χ2n) is 8.78. The fourth-order valence-corrected chi connectivity index (χ4v) is 4.35. The number of pyridine rings is 2. The summed E-state index contributed by atoms with van der Waals surface area (Å²) in [6.45, 7) is 4.42. The first kappa shape index (κ1) is 19.3. The molecule has 3 heterocycles. The molecule has 0 saturated carbocycles. The number of benzene rings is 1. The Bertz CT molecular complexity index is 1260. The van der Waals surface area contributed by atoms with Crippen LogP contribution in [-0.2, 0) is 6.42 Å². The first-order valence-electron chi connectivity index (χ1n) is 10.4. The summed E-state index contributed by atoms with van der Waals surface area (Å²) >= 11 is 0. The molecule has 0 unspecified atom stereocenters. The van der Waals surface area contributed by atoms with Crippen molar-refractivity contribution in [3.05, 3.63) is 84.1 Å². The normalized spacial score (nSPS) is 17.2. The second kappa shape index (κ2) is 7.54.